The third-order valence-corrected chi connectivity index (χ3v) is 3.16. The molecule has 6 heteroatoms. The summed E-state index contributed by atoms with van der Waals surface area (Å²) in [6.07, 6.45) is -3.50. The molecule has 1 aliphatic rings. The van der Waals surface area contributed by atoms with Crippen LogP contribution in [0.4, 0.5) is 18.9 Å². The van der Waals surface area contributed by atoms with Gasteiger partial charge in [-0.25, -0.2) is 0 Å². The molecule has 1 heterocycles. The van der Waals surface area contributed by atoms with E-state index in [-0.39, 0.29) is 11.9 Å². The molecule has 0 aromatic heterocycles. The van der Waals surface area contributed by atoms with Gasteiger partial charge >= 0.3 is 6.18 Å². The fourth-order valence-electron chi connectivity index (χ4n) is 2.26. The maximum Gasteiger partial charge on any atom is 0.416 e. The number of nitrogens with zero attached hydrogens (tertiary/aromatic N) is 1. The van der Waals surface area contributed by atoms with Crippen molar-refractivity contribution in [3.63, 3.8) is 0 Å². The second-order valence-electron chi connectivity index (χ2n) is 4.68. The Morgan fingerprint density at radius 3 is 2.47 bits per heavy atom. The molecule has 1 atom stereocenters. The van der Waals surface area contributed by atoms with Crippen LogP contribution in [-0.4, -0.2) is 25.0 Å². The highest BCUT2D eigenvalue weighted by molar-refractivity contribution is 5.73. The Hall–Kier alpha value is -1.72. The van der Waals surface area contributed by atoms with Crippen LogP contribution in [0.1, 0.15) is 18.9 Å². The summed E-state index contributed by atoms with van der Waals surface area (Å²) < 4.78 is 37.3. The van der Waals surface area contributed by atoms with Gasteiger partial charge in [0, 0.05) is 31.7 Å². The number of amides is 1. The normalized spacial score (nSPS) is 19.6. The van der Waals surface area contributed by atoms with E-state index in [0.29, 0.717) is 6.54 Å². The first-order valence-electron chi connectivity index (χ1n) is 6.05. The molecule has 0 aliphatic carbocycles. The molecular weight excluding hydrogens is 257 g/mol. The molecular formula is C13H15F3N2O. The zero-order valence-corrected chi connectivity index (χ0v) is 10.5. The van der Waals surface area contributed by atoms with Gasteiger partial charge in [0.15, 0.2) is 0 Å². The molecule has 1 fully saturated rings. The van der Waals surface area contributed by atoms with Crippen LogP contribution in [0, 0.1) is 0 Å². The van der Waals surface area contributed by atoms with Gasteiger partial charge in [-0.2, -0.15) is 13.2 Å². The van der Waals surface area contributed by atoms with Gasteiger partial charge in [0.1, 0.15) is 0 Å². The average Bonchev–Trinajstić information content (AvgIpc) is 2.75. The third-order valence-electron chi connectivity index (χ3n) is 3.16. The molecule has 0 spiro atoms. The Morgan fingerprint density at radius 1 is 1.32 bits per heavy atom. The Kier molecular flexibility index (Phi) is 3.68. The van der Waals surface area contributed by atoms with Crippen molar-refractivity contribution in [2.24, 2.45) is 0 Å². The molecule has 2 rings (SSSR count). The number of carbonyl (C=O) groups is 1. The van der Waals surface area contributed by atoms with Crippen LogP contribution < -0.4 is 10.2 Å². The van der Waals surface area contributed by atoms with Crippen LogP contribution in [0.15, 0.2) is 24.3 Å². The highest BCUT2D eigenvalue weighted by Crippen LogP contribution is 2.31. The molecule has 1 saturated heterocycles. The van der Waals surface area contributed by atoms with E-state index < -0.39 is 11.7 Å². The van der Waals surface area contributed by atoms with E-state index in [0.717, 1.165) is 30.8 Å². The topological polar surface area (TPSA) is 32.3 Å². The first kappa shape index (κ1) is 13.7. The lowest BCUT2D eigenvalue weighted by molar-refractivity contribution is -0.137. The van der Waals surface area contributed by atoms with E-state index in [4.69, 9.17) is 0 Å². The molecule has 0 bridgehead atoms. The van der Waals surface area contributed by atoms with Gasteiger partial charge in [-0.1, -0.05) is 0 Å². The van der Waals surface area contributed by atoms with Crippen molar-refractivity contribution in [3.05, 3.63) is 29.8 Å². The van der Waals surface area contributed by atoms with E-state index in [9.17, 15) is 18.0 Å². The fraction of sp³-hybridized carbons (Fsp3) is 0.462. The lowest BCUT2D eigenvalue weighted by Crippen LogP contribution is -2.35. The Labute approximate surface area is 109 Å². The summed E-state index contributed by atoms with van der Waals surface area (Å²) >= 11 is 0. The SMILES string of the molecule is CC(=O)NC1CCN(c2ccc(C(F)(F)F)cc2)C1. The monoisotopic (exact) mass is 272 g/mol. The predicted molar refractivity (Wildman–Crippen MR) is 65.9 cm³/mol. The highest BCUT2D eigenvalue weighted by atomic mass is 19.4. The van der Waals surface area contributed by atoms with Gasteiger partial charge in [-0.05, 0) is 30.7 Å². The molecule has 1 aromatic carbocycles. The van der Waals surface area contributed by atoms with Gasteiger partial charge in [0.2, 0.25) is 5.91 Å². The van der Waals surface area contributed by atoms with Crippen LogP contribution in [0.25, 0.3) is 0 Å². The minimum absolute atomic E-state index is 0.0693. The van der Waals surface area contributed by atoms with Crippen molar-refractivity contribution < 1.29 is 18.0 Å². The van der Waals surface area contributed by atoms with Crippen molar-refractivity contribution in [1.29, 1.82) is 0 Å². The summed E-state index contributed by atoms with van der Waals surface area (Å²) in [7, 11) is 0. The average molecular weight is 272 g/mol. The van der Waals surface area contributed by atoms with Crippen LogP contribution in [-0.2, 0) is 11.0 Å². The number of nitrogens with one attached hydrogen (secondary N) is 1. The molecule has 1 N–H and O–H groups in total. The lowest BCUT2D eigenvalue weighted by Gasteiger charge is -2.19. The van der Waals surface area contributed by atoms with Crippen molar-refractivity contribution >= 4 is 11.6 Å². The number of alkyl halides is 3. The number of carbonyl (C=O) groups excluding carboxylic acids is 1. The Balaban J connectivity index is 2.02. The molecule has 1 unspecified atom stereocenters. The number of hydrogen-bond donors (Lipinski definition) is 1. The van der Waals surface area contributed by atoms with Gasteiger partial charge < -0.3 is 10.2 Å². The number of rotatable bonds is 2. The zero-order valence-electron chi connectivity index (χ0n) is 10.5. The number of anilines is 1. The standard InChI is InChI=1S/C13H15F3N2O/c1-9(19)17-11-6-7-18(8-11)12-4-2-10(3-5-12)13(14,15)16/h2-5,11H,6-8H2,1H3,(H,17,19). The summed E-state index contributed by atoms with van der Waals surface area (Å²) in [5.41, 5.74) is 0.106. The van der Waals surface area contributed by atoms with Crippen molar-refractivity contribution in [1.82, 2.24) is 5.32 Å². The summed E-state index contributed by atoms with van der Waals surface area (Å²) in [6.45, 7) is 2.82. The summed E-state index contributed by atoms with van der Waals surface area (Å²) in [6, 6.07) is 5.18. The second-order valence-corrected chi connectivity index (χ2v) is 4.68. The third kappa shape index (κ3) is 3.39. The maximum absolute atomic E-state index is 12.4. The van der Waals surface area contributed by atoms with Gasteiger partial charge in [-0.3, -0.25) is 4.79 Å². The largest absolute Gasteiger partial charge is 0.416 e. The molecule has 104 valence electrons. The van der Waals surface area contributed by atoms with Crippen molar-refractivity contribution in [2.75, 3.05) is 18.0 Å². The van der Waals surface area contributed by atoms with Crippen LogP contribution >= 0.6 is 0 Å². The van der Waals surface area contributed by atoms with Gasteiger partial charge in [-0.15, -0.1) is 0 Å². The molecule has 1 amide bonds. The van der Waals surface area contributed by atoms with Crippen LogP contribution in [0.5, 0.6) is 0 Å². The van der Waals surface area contributed by atoms with Gasteiger partial charge in [0.25, 0.3) is 0 Å². The first-order chi connectivity index (χ1) is 8.86. The minimum atomic E-state index is -4.30. The predicted octanol–water partition coefficient (Wildman–Crippen LogP) is 2.42. The van der Waals surface area contributed by atoms with Crippen LogP contribution in [0.2, 0.25) is 0 Å². The smallest absolute Gasteiger partial charge is 0.369 e. The lowest BCUT2D eigenvalue weighted by atomic mass is 10.2. The number of benzene rings is 1. The van der Waals surface area contributed by atoms with Crippen LogP contribution in [0.3, 0.4) is 0 Å². The summed E-state index contributed by atoms with van der Waals surface area (Å²) in [4.78, 5) is 12.9. The number of halogens is 3. The van der Waals surface area contributed by atoms with E-state index in [1.807, 2.05) is 4.90 Å². The minimum Gasteiger partial charge on any atom is -0.369 e. The molecule has 1 aromatic rings. The molecule has 0 radical (unpaired) electrons. The highest BCUT2D eigenvalue weighted by Gasteiger charge is 2.30. The molecule has 1 aliphatic heterocycles. The van der Waals surface area contributed by atoms with Gasteiger partial charge in [0.05, 0.1) is 5.56 Å². The van der Waals surface area contributed by atoms with E-state index in [1.165, 1.54) is 19.1 Å². The Bertz CT molecular complexity index is 456. The van der Waals surface area contributed by atoms with E-state index in [1.54, 1.807) is 0 Å². The van der Waals surface area contributed by atoms with E-state index >= 15 is 0 Å². The molecule has 19 heavy (non-hydrogen) atoms. The zero-order chi connectivity index (χ0) is 14.0. The second kappa shape index (κ2) is 5.11. The molecule has 3 nitrogen and oxygen atoms in total. The van der Waals surface area contributed by atoms with E-state index in [2.05, 4.69) is 5.32 Å². The quantitative estimate of drug-likeness (QED) is 0.896. The fourth-order valence-corrected chi connectivity index (χ4v) is 2.26. The molecule has 0 saturated carbocycles. The maximum atomic E-state index is 12.4. The number of hydrogen-bond acceptors (Lipinski definition) is 2. The summed E-state index contributed by atoms with van der Waals surface area (Å²) in [5.74, 6) is -0.0840. The first-order valence-corrected chi connectivity index (χ1v) is 6.05. The van der Waals surface area contributed by atoms with Crippen molar-refractivity contribution in [2.45, 2.75) is 25.6 Å². The summed E-state index contributed by atoms with van der Waals surface area (Å²) in [5, 5.41) is 2.82. The Morgan fingerprint density at radius 2 is 1.95 bits per heavy atom. The van der Waals surface area contributed by atoms with Crippen molar-refractivity contribution in [3.8, 4) is 0 Å².